The number of carbonyl (C=O) groups is 1. The van der Waals surface area contributed by atoms with Gasteiger partial charge in [0.05, 0.1) is 0 Å². The Morgan fingerprint density at radius 2 is 1.69 bits per heavy atom. The number of rotatable bonds is 3. The molecule has 0 saturated heterocycles. The molecule has 0 bridgehead atoms. The van der Waals surface area contributed by atoms with Gasteiger partial charge in [-0.05, 0) is 57.5 Å². The van der Waals surface area contributed by atoms with Crippen LogP contribution in [0.3, 0.4) is 0 Å². The fraction of sp³-hybridized carbons (Fsp3) is 0.357. The minimum atomic E-state index is -0.222. The van der Waals surface area contributed by atoms with E-state index in [1.165, 1.54) is 0 Å². The quantitative estimate of drug-likeness (QED) is 0.572. The van der Waals surface area contributed by atoms with Gasteiger partial charge >= 0.3 is 0 Å². The van der Waals surface area contributed by atoms with E-state index in [0.29, 0.717) is 11.1 Å². The summed E-state index contributed by atoms with van der Waals surface area (Å²) in [5.41, 5.74) is 0.970. The highest BCUT2D eigenvalue weighted by Crippen LogP contribution is 2.19. The van der Waals surface area contributed by atoms with Gasteiger partial charge in [0.25, 0.3) is 0 Å². The van der Waals surface area contributed by atoms with Crippen LogP contribution in [-0.4, -0.2) is 11.4 Å². The normalized spacial score (nSPS) is 11.0. The van der Waals surface area contributed by atoms with Crippen LogP contribution in [0.1, 0.15) is 38.1 Å². The first-order valence-electron chi connectivity index (χ1n) is 5.29. The van der Waals surface area contributed by atoms with E-state index in [2.05, 4.69) is 6.58 Å². The highest BCUT2D eigenvalue weighted by atomic mass is 16.5. The average Bonchev–Trinajstić information content (AvgIpc) is 2.15. The minimum absolute atomic E-state index is 0.0256. The molecule has 0 amide bonds. The number of allylic oxidation sites excluding steroid dienone is 1. The average molecular weight is 218 g/mol. The van der Waals surface area contributed by atoms with Gasteiger partial charge in [0.1, 0.15) is 11.4 Å². The van der Waals surface area contributed by atoms with E-state index in [-0.39, 0.29) is 11.4 Å². The first-order chi connectivity index (χ1) is 7.29. The highest BCUT2D eigenvalue weighted by molar-refractivity contribution is 6.07. The molecule has 0 heterocycles. The zero-order valence-corrected chi connectivity index (χ0v) is 10.3. The molecule has 0 N–H and O–H groups in total. The molecular weight excluding hydrogens is 200 g/mol. The van der Waals surface area contributed by atoms with E-state index < -0.39 is 0 Å². The lowest BCUT2D eigenvalue weighted by atomic mass is 10.1. The molecule has 2 heteroatoms. The number of hydrogen-bond acceptors (Lipinski definition) is 2. The standard InChI is InChI=1S/C14H18O2/c1-10(2)13(15)11-6-8-12(9-7-11)16-14(3,4)5/h6-9H,1H2,2-5H3. The van der Waals surface area contributed by atoms with E-state index in [4.69, 9.17) is 4.74 Å². The van der Waals surface area contributed by atoms with Gasteiger partial charge in [0, 0.05) is 5.56 Å². The van der Waals surface area contributed by atoms with Crippen molar-refractivity contribution >= 4 is 5.78 Å². The second-order valence-electron chi connectivity index (χ2n) is 4.85. The minimum Gasteiger partial charge on any atom is -0.488 e. The third-order valence-electron chi connectivity index (χ3n) is 1.93. The molecule has 1 aromatic carbocycles. The number of Topliss-reactive ketones (excluding diaryl/α,β-unsaturated/α-hetero) is 1. The summed E-state index contributed by atoms with van der Waals surface area (Å²) < 4.78 is 5.66. The first-order valence-corrected chi connectivity index (χ1v) is 5.29. The summed E-state index contributed by atoms with van der Waals surface area (Å²) in [5, 5.41) is 0. The zero-order valence-electron chi connectivity index (χ0n) is 10.3. The van der Waals surface area contributed by atoms with Gasteiger partial charge < -0.3 is 4.74 Å². The van der Waals surface area contributed by atoms with Crippen LogP contribution in [0.25, 0.3) is 0 Å². The lowest BCUT2D eigenvalue weighted by Gasteiger charge is -2.21. The smallest absolute Gasteiger partial charge is 0.188 e. The van der Waals surface area contributed by atoms with Crippen LogP contribution < -0.4 is 4.74 Å². The molecule has 0 aliphatic heterocycles. The van der Waals surface area contributed by atoms with Crippen molar-refractivity contribution in [2.75, 3.05) is 0 Å². The van der Waals surface area contributed by atoms with E-state index in [9.17, 15) is 4.79 Å². The van der Waals surface area contributed by atoms with Crippen LogP contribution in [0, 0.1) is 0 Å². The van der Waals surface area contributed by atoms with Crippen molar-refractivity contribution in [1.82, 2.24) is 0 Å². The Hall–Kier alpha value is -1.57. The van der Waals surface area contributed by atoms with Crippen molar-refractivity contribution in [3.63, 3.8) is 0 Å². The fourth-order valence-electron chi connectivity index (χ4n) is 1.27. The molecule has 0 aromatic heterocycles. The summed E-state index contributed by atoms with van der Waals surface area (Å²) >= 11 is 0. The summed E-state index contributed by atoms with van der Waals surface area (Å²) in [5.74, 6) is 0.744. The second-order valence-corrected chi connectivity index (χ2v) is 4.85. The Kier molecular flexibility index (Phi) is 3.53. The molecule has 0 aliphatic rings. The van der Waals surface area contributed by atoms with E-state index in [1.54, 1.807) is 31.2 Å². The molecule has 0 atom stereocenters. The molecule has 0 spiro atoms. The van der Waals surface area contributed by atoms with Crippen molar-refractivity contribution in [3.8, 4) is 5.75 Å². The molecule has 86 valence electrons. The Balaban J connectivity index is 2.84. The number of hydrogen-bond donors (Lipinski definition) is 0. The second kappa shape index (κ2) is 4.52. The summed E-state index contributed by atoms with van der Waals surface area (Å²) in [7, 11) is 0. The third-order valence-corrected chi connectivity index (χ3v) is 1.93. The molecule has 1 aromatic rings. The Bertz CT molecular complexity index is 394. The van der Waals surface area contributed by atoms with Gasteiger partial charge in [-0.3, -0.25) is 4.79 Å². The van der Waals surface area contributed by atoms with Crippen molar-refractivity contribution in [2.24, 2.45) is 0 Å². The lowest BCUT2D eigenvalue weighted by Crippen LogP contribution is -2.22. The van der Waals surface area contributed by atoms with Crippen LogP contribution >= 0.6 is 0 Å². The first kappa shape index (κ1) is 12.5. The van der Waals surface area contributed by atoms with E-state index in [0.717, 1.165) is 5.75 Å². The van der Waals surface area contributed by atoms with Gasteiger partial charge in [-0.25, -0.2) is 0 Å². The van der Waals surface area contributed by atoms with Crippen molar-refractivity contribution in [3.05, 3.63) is 42.0 Å². The van der Waals surface area contributed by atoms with E-state index >= 15 is 0 Å². The Morgan fingerprint density at radius 3 is 2.06 bits per heavy atom. The molecule has 16 heavy (non-hydrogen) atoms. The largest absolute Gasteiger partial charge is 0.488 e. The van der Waals surface area contributed by atoms with Crippen LogP contribution in [0.15, 0.2) is 36.4 Å². The van der Waals surface area contributed by atoms with Gasteiger partial charge in [-0.15, -0.1) is 0 Å². The molecule has 0 aliphatic carbocycles. The summed E-state index contributed by atoms with van der Waals surface area (Å²) in [4.78, 5) is 11.6. The van der Waals surface area contributed by atoms with E-state index in [1.807, 2.05) is 20.8 Å². The predicted octanol–water partition coefficient (Wildman–Crippen LogP) is 3.62. The number of benzene rings is 1. The molecule has 2 nitrogen and oxygen atoms in total. The van der Waals surface area contributed by atoms with Crippen LogP contribution in [0.4, 0.5) is 0 Å². The van der Waals surface area contributed by atoms with Crippen LogP contribution in [0.5, 0.6) is 5.75 Å². The SMILES string of the molecule is C=C(C)C(=O)c1ccc(OC(C)(C)C)cc1. The maximum absolute atomic E-state index is 11.6. The van der Waals surface area contributed by atoms with Crippen LogP contribution in [-0.2, 0) is 0 Å². The van der Waals surface area contributed by atoms with Crippen molar-refractivity contribution < 1.29 is 9.53 Å². The number of ketones is 1. The molecule has 0 radical (unpaired) electrons. The topological polar surface area (TPSA) is 26.3 Å². The lowest BCUT2D eigenvalue weighted by molar-refractivity contribution is 0.103. The van der Waals surface area contributed by atoms with Crippen molar-refractivity contribution in [1.29, 1.82) is 0 Å². The molecule has 0 saturated carbocycles. The molecule has 0 fully saturated rings. The van der Waals surface area contributed by atoms with Gasteiger partial charge in [-0.1, -0.05) is 6.58 Å². The van der Waals surface area contributed by atoms with Gasteiger partial charge in [0.2, 0.25) is 0 Å². The van der Waals surface area contributed by atoms with Gasteiger partial charge in [0.15, 0.2) is 5.78 Å². The Labute approximate surface area is 96.9 Å². The molecule has 0 unspecified atom stereocenters. The highest BCUT2D eigenvalue weighted by Gasteiger charge is 2.12. The summed E-state index contributed by atoms with van der Waals surface area (Å²) in [6.45, 7) is 11.3. The maximum atomic E-state index is 11.6. The maximum Gasteiger partial charge on any atom is 0.188 e. The van der Waals surface area contributed by atoms with Crippen LogP contribution in [0.2, 0.25) is 0 Å². The molecular formula is C14H18O2. The number of carbonyl (C=O) groups excluding carboxylic acids is 1. The summed E-state index contributed by atoms with van der Waals surface area (Å²) in [6.07, 6.45) is 0. The predicted molar refractivity (Wildman–Crippen MR) is 66.0 cm³/mol. The zero-order chi connectivity index (χ0) is 12.3. The summed E-state index contributed by atoms with van der Waals surface area (Å²) in [6, 6.07) is 7.14. The Morgan fingerprint density at radius 1 is 1.19 bits per heavy atom. The monoisotopic (exact) mass is 218 g/mol. The molecule has 1 rings (SSSR count). The third kappa shape index (κ3) is 3.54. The number of ether oxygens (including phenoxy) is 1. The fourth-order valence-corrected chi connectivity index (χ4v) is 1.27. The van der Waals surface area contributed by atoms with Gasteiger partial charge in [-0.2, -0.15) is 0 Å². The van der Waals surface area contributed by atoms with Crippen molar-refractivity contribution in [2.45, 2.75) is 33.3 Å².